The second-order valence-corrected chi connectivity index (χ2v) is 4.92. The van der Waals surface area contributed by atoms with Crippen molar-refractivity contribution in [1.29, 1.82) is 0 Å². The van der Waals surface area contributed by atoms with Crippen LogP contribution in [0.2, 0.25) is 0 Å². The molecule has 0 bridgehead atoms. The number of benzene rings is 1. The molecule has 3 aromatic rings. The van der Waals surface area contributed by atoms with Gasteiger partial charge in [-0.15, -0.1) is 0 Å². The van der Waals surface area contributed by atoms with Crippen LogP contribution in [0.4, 0.5) is 13.2 Å². The summed E-state index contributed by atoms with van der Waals surface area (Å²) in [4.78, 5) is 12.0. The van der Waals surface area contributed by atoms with Gasteiger partial charge in [-0.1, -0.05) is 11.2 Å². The topological polar surface area (TPSA) is 68.3 Å². The Hall–Kier alpha value is -3.03. The van der Waals surface area contributed by atoms with Crippen LogP contribution < -0.4 is 5.32 Å². The Balaban J connectivity index is 1.66. The highest BCUT2D eigenvalue weighted by molar-refractivity contribution is 5.94. The number of nitrogens with zero attached hydrogens (tertiary/aromatic N) is 1. The molecule has 124 valence electrons. The fourth-order valence-electron chi connectivity index (χ4n) is 2.04. The van der Waals surface area contributed by atoms with Gasteiger partial charge in [0.15, 0.2) is 5.76 Å². The molecule has 0 aliphatic rings. The van der Waals surface area contributed by atoms with Gasteiger partial charge in [0.25, 0.3) is 5.91 Å². The predicted molar refractivity (Wildman–Crippen MR) is 76.8 cm³/mol. The van der Waals surface area contributed by atoms with Crippen LogP contribution in [0.15, 0.2) is 57.7 Å². The highest BCUT2D eigenvalue weighted by atomic mass is 19.4. The molecule has 0 saturated heterocycles. The third-order valence-corrected chi connectivity index (χ3v) is 3.21. The third-order valence-electron chi connectivity index (χ3n) is 3.21. The number of furan rings is 1. The summed E-state index contributed by atoms with van der Waals surface area (Å²) in [5.74, 6) is 0.241. The maximum Gasteiger partial charge on any atom is 0.416 e. The molecular formula is C16H11F3N2O3. The van der Waals surface area contributed by atoms with Crippen molar-refractivity contribution in [2.75, 3.05) is 0 Å². The lowest BCUT2D eigenvalue weighted by Gasteiger charge is -2.08. The second kappa shape index (κ2) is 6.23. The summed E-state index contributed by atoms with van der Waals surface area (Å²) in [6, 6.07) is 9.14. The number of amides is 1. The Bertz CT molecular complexity index is 838. The summed E-state index contributed by atoms with van der Waals surface area (Å²) >= 11 is 0. The lowest BCUT2D eigenvalue weighted by atomic mass is 10.1. The zero-order chi connectivity index (χ0) is 17.2. The first-order valence-corrected chi connectivity index (χ1v) is 6.88. The number of carbonyl (C=O) groups excluding carboxylic acids is 1. The number of aromatic nitrogens is 1. The fourth-order valence-corrected chi connectivity index (χ4v) is 2.04. The van der Waals surface area contributed by atoms with E-state index >= 15 is 0 Å². The molecule has 1 amide bonds. The molecular weight excluding hydrogens is 325 g/mol. The maximum absolute atomic E-state index is 12.7. The minimum atomic E-state index is -4.50. The molecule has 0 spiro atoms. The highest BCUT2D eigenvalue weighted by Gasteiger charge is 2.30. The fraction of sp³-hybridized carbons (Fsp3) is 0.125. The number of carbonyl (C=O) groups is 1. The van der Waals surface area contributed by atoms with Gasteiger partial charge in [0.05, 0.1) is 18.4 Å². The van der Waals surface area contributed by atoms with Gasteiger partial charge in [0, 0.05) is 11.6 Å². The van der Waals surface area contributed by atoms with E-state index in [2.05, 4.69) is 10.5 Å². The summed E-state index contributed by atoms with van der Waals surface area (Å²) in [6.45, 7) is 0.0132. The third kappa shape index (κ3) is 3.48. The van der Waals surface area contributed by atoms with Crippen LogP contribution in [0, 0.1) is 0 Å². The van der Waals surface area contributed by atoms with Gasteiger partial charge in [-0.25, -0.2) is 0 Å². The van der Waals surface area contributed by atoms with Crippen molar-refractivity contribution in [2.45, 2.75) is 12.7 Å². The lowest BCUT2D eigenvalue weighted by Crippen LogP contribution is -2.23. The summed E-state index contributed by atoms with van der Waals surface area (Å²) in [7, 11) is 0. The molecule has 0 radical (unpaired) electrons. The molecule has 2 aromatic heterocycles. The molecule has 2 heterocycles. The van der Waals surface area contributed by atoms with Crippen molar-refractivity contribution in [2.24, 2.45) is 0 Å². The van der Waals surface area contributed by atoms with E-state index in [4.69, 9.17) is 8.94 Å². The van der Waals surface area contributed by atoms with Crippen LogP contribution in [-0.4, -0.2) is 11.1 Å². The van der Waals surface area contributed by atoms with Gasteiger partial charge in [0.1, 0.15) is 5.69 Å². The van der Waals surface area contributed by atoms with Crippen molar-refractivity contribution in [1.82, 2.24) is 10.5 Å². The van der Waals surface area contributed by atoms with Crippen LogP contribution in [0.25, 0.3) is 11.5 Å². The van der Waals surface area contributed by atoms with E-state index < -0.39 is 17.6 Å². The molecule has 24 heavy (non-hydrogen) atoms. The van der Waals surface area contributed by atoms with Gasteiger partial charge in [-0.05, 0) is 30.3 Å². The molecule has 5 nitrogen and oxygen atoms in total. The molecule has 1 N–H and O–H groups in total. The molecule has 0 saturated carbocycles. The molecule has 0 aliphatic heterocycles. The summed E-state index contributed by atoms with van der Waals surface area (Å²) < 4.78 is 48.2. The van der Waals surface area contributed by atoms with Crippen molar-refractivity contribution in [3.63, 3.8) is 0 Å². The number of alkyl halides is 3. The van der Waals surface area contributed by atoms with Gasteiger partial charge < -0.3 is 14.3 Å². The van der Waals surface area contributed by atoms with E-state index in [1.54, 1.807) is 18.2 Å². The SMILES string of the molecule is O=C(NCc1cc(-c2ccco2)on1)c1cccc(C(F)(F)F)c1. The van der Waals surface area contributed by atoms with Crippen LogP contribution in [0.5, 0.6) is 0 Å². The van der Waals surface area contributed by atoms with Gasteiger partial charge >= 0.3 is 6.18 Å². The Kier molecular flexibility index (Phi) is 4.11. The van der Waals surface area contributed by atoms with E-state index in [-0.39, 0.29) is 12.1 Å². The predicted octanol–water partition coefficient (Wildman–Crippen LogP) is 3.88. The Labute approximate surface area is 134 Å². The van der Waals surface area contributed by atoms with E-state index in [9.17, 15) is 18.0 Å². The number of nitrogens with one attached hydrogen (secondary N) is 1. The summed E-state index contributed by atoms with van der Waals surface area (Å²) in [5.41, 5.74) is -0.544. The van der Waals surface area contributed by atoms with E-state index in [0.717, 1.165) is 12.1 Å². The van der Waals surface area contributed by atoms with Gasteiger partial charge in [0.2, 0.25) is 5.76 Å². The average Bonchev–Trinajstić information content (AvgIpc) is 3.23. The maximum atomic E-state index is 12.7. The van der Waals surface area contributed by atoms with Crippen molar-refractivity contribution in [3.8, 4) is 11.5 Å². The lowest BCUT2D eigenvalue weighted by molar-refractivity contribution is -0.137. The van der Waals surface area contributed by atoms with Crippen molar-refractivity contribution in [3.05, 3.63) is 65.5 Å². The van der Waals surface area contributed by atoms with Crippen LogP contribution in [-0.2, 0) is 12.7 Å². The molecule has 0 aliphatic carbocycles. The van der Waals surface area contributed by atoms with Crippen LogP contribution >= 0.6 is 0 Å². The zero-order valence-corrected chi connectivity index (χ0v) is 12.1. The Morgan fingerprint density at radius 3 is 2.67 bits per heavy atom. The summed E-state index contributed by atoms with van der Waals surface area (Å²) in [6.07, 6.45) is -3.02. The number of halogens is 3. The Morgan fingerprint density at radius 1 is 1.12 bits per heavy atom. The molecule has 0 atom stereocenters. The number of hydrogen-bond donors (Lipinski definition) is 1. The first kappa shape index (κ1) is 15.9. The Morgan fingerprint density at radius 2 is 1.96 bits per heavy atom. The van der Waals surface area contributed by atoms with E-state index in [1.165, 1.54) is 18.4 Å². The molecule has 8 heteroatoms. The molecule has 0 unspecified atom stereocenters. The summed E-state index contributed by atoms with van der Waals surface area (Å²) in [5, 5.41) is 6.26. The zero-order valence-electron chi connectivity index (χ0n) is 12.1. The quantitative estimate of drug-likeness (QED) is 0.785. The largest absolute Gasteiger partial charge is 0.461 e. The molecule has 3 rings (SSSR count). The molecule has 0 fully saturated rings. The minimum Gasteiger partial charge on any atom is -0.461 e. The van der Waals surface area contributed by atoms with E-state index in [0.29, 0.717) is 17.2 Å². The van der Waals surface area contributed by atoms with Crippen molar-refractivity contribution >= 4 is 5.91 Å². The monoisotopic (exact) mass is 336 g/mol. The standard InChI is InChI=1S/C16H11F3N2O3/c17-16(18,19)11-4-1-3-10(7-11)15(22)20-9-12-8-14(24-21-12)13-5-2-6-23-13/h1-8H,9H2,(H,20,22). The first-order chi connectivity index (χ1) is 11.4. The highest BCUT2D eigenvalue weighted by Crippen LogP contribution is 2.29. The number of hydrogen-bond acceptors (Lipinski definition) is 4. The normalized spacial score (nSPS) is 11.5. The molecule has 1 aromatic carbocycles. The second-order valence-electron chi connectivity index (χ2n) is 4.92. The van der Waals surface area contributed by atoms with Gasteiger partial charge in [-0.2, -0.15) is 13.2 Å². The average molecular weight is 336 g/mol. The van der Waals surface area contributed by atoms with Gasteiger partial charge in [-0.3, -0.25) is 4.79 Å². The van der Waals surface area contributed by atoms with E-state index in [1.807, 2.05) is 0 Å². The smallest absolute Gasteiger partial charge is 0.416 e. The first-order valence-electron chi connectivity index (χ1n) is 6.88. The number of rotatable bonds is 4. The minimum absolute atomic E-state index is 0.0132. The van der Waals surface area contributed by atoms with Crippen molar-refractivity contribution < 1.29 is 26.9 Å². The van der Waals surface area contributed by atoms with Crippen LogP contribution in [0.1, 0.15) is 21.6 Å². The van der Waals surface area contributed by atoms with Crippen LogP contribution in [0.3, 0.4) is 0 Å².